The highest BCUT2D eigenvalue weighted by Gasteiger charge is 2.03. The molecule has 0 unspecified atom stereocenters. The lowest BCUT2D eigenvalue weighted by molar-refractivity contribution is 1.40. The van der Waals surface area contributed by atoms with Gasteiger partial charge in [-0.2, -0.15) is 0 Å². The normalized spacial score (nSPS) is 10.7. The lowest BCUT2D eigenvalue weighted by Gasteiger charge is -2.01. The topological polar surface area (TPSA) is 12.9 Å². The molecule has 0 spiro atoms. The van der Waals surface area contributed by atoms with E-state index >= 15 is 0 Å². The first-order chi connectivity index (χ1) is 6.18. The van der Waals surface area contributed by atoms with E-state index in [-0.39, 0.29) is 0 Å². The molecular weight excluding hydrogens is 317 g/mol. The van der Waals surface area contributed by atoms with Gasteiger partial charge in [0.05, 0.1) is 10.5 Å². The number of hydrogen-bond acceptors (Lipinski definition) is 1. The number of rotatable bonds is 0. The minimum Gasteiger partial charge on any atom is -0.255 e. The molecule has 4 heteroatoms. The largest absolute Gasteiger partial charge is 0.255 e. The average molecular weight is 321 g/mol. The third kappa shape index (κ3) is 1.73. The molecule has 0 aliphatic heterocycles. The van der Waals surface area contributed by atoms with Crippen molar-refractivity contribution < 1.29 is 0 Å². The summed E-state index contributed by atoms with van der Waals surface area (Å²) in [6, 6.07) is 5.89. The highest BCUT2D eigenvalue weighted by Crippen LogP contribution is 2.30. The number of nitrogens with zero attached hydrogens (tertiary/aromatic N) is 1. The molecule has 1 aromatic carbocycles. The van der Waals surface area contributed by atoms with Gasteiger partial charge < -0.3 is 0 Å². The van der Waals surface area contributed by atoms with Gasteiger partial charge in [0.2, 0.25) is 0 Å². The Morgan fingerprint density at radius 2 is 2.00 bits per heavy atom. The number of fused-ring (bicyclic) bond motifs is 1. The molecule has 0 N–H and O–H groups in total. The summed E-state index contributed by atoms with van der Waals surface area (Å²) in [5, 5.41) is 1.66. The minimum absolute atomic E-state index is 0.634. The van der Waals surface area contributed by atoms with Crippen molar-refractivity contribution in [1.29, 1.82) is 0 Å². The molecule has 0 radical (unpaired) electrons. The first kappa shape index (κ1) is 9.44. The number of hydrogen-bond donors (Lipinski definition) is 0. The van der Waals surface area contributed by atoms with Crippen molar-refractivity contribution in [2.45, 2.75) is 0 Å². The van der Waals surface area contributed by atoms with Crippen LogP contribution in [0.3, 0.4) is 0 Å². The Bertz CT molecular complexity index is 470. The third-order valence-corrected chi connectivity index (χ3v) is 3.59. The van der Waals surface area contributed by atoms with Crippen LogP contribution in [0.1, 0.15) is 0 Å². The summed E-state index contributed by atoms with van der Waals surface area (Å²) in [6.07, 6.45) is 1.64. The van der Waals surface area contributed by atoms with Crippen LogP contribution in [0.4, 0.5) is 0 Å². The molecule has 1 aromatic heterocycles. The van der Waals surface area contributed by atoms with Crippen LogP contribution < -0.4 is 0 Å². The van der Waals surface area contributed by atoms with E-state index in [4.69, 9.17) is 11.6 Å². The molecule has 0 bridgehead atoms. The van der Waals surface area contributed by atoms with Crippen LogP contribution in [0.5, 0.6) is 0 Å². The molecule has 0 amide bonds. The van der Waals surface area contributed by atoms with Gasteiger partial charge in [-0.3, -0.25) is 4.98 Å². The monoisotopic (exact) mass is 319 g/mol. The van der Waals surface area contributed by atoms with Crippen LogP contribution in [0.15, 0.2) is 33.3 Å². The summed E-state index contributed by atoms with van der Waals surface area (Å²) in [5.41, 5.74) is 0.922. The third-order valence-electron chi connectivity index (χ3n) is 1.72. The van der Waals surface area contributed by atoms with Gasteiger partial charge in [-0.25, -0.2) is 0 Å². The van der Waals surface area contributed by atoms with Gasteiger partial charge in [0.15, 0.2) is 0 Å². The summed E-state index contributed by atoms with van der Waals surface area (Å²) < 4.78 is 1.91. The standard InChI is InChI=1S/C9H4Br2ClN/c10-5-1-2-6-8(3-5)13-4-7(12)9(6)11/h1-4H. The fourth-order valence-corrected chi connectivity index (χ4v) is 2.05. The van der Waals surface area contributed by atoms with Crippen LogP contribution in [0.25, 0.3) is 10.9 Å². The quantitative estimate of drug-likeness (QED) is 0.700. The second kappa shape index (κ2) is 3.56. The van der Waals surface area contributed by atoms with Crippen molar-refractivity contribution in [3.63, 3.8) is 0 Å². The molecule has 0 aliphatic rings. The molecule has 2 rings (SSSR count). The van der Waals surface area contributed by atoms with Crippen molar-refractivity contribution in [1.82, 2.24) is 4.98 Å². The number of benzene rings is 1. The van der Waals surface area contributed by atoms with E-state index in [1.807, 2.05) is 18.2 Å². The Kier molecular flexibility index (Phi) is 2.58. The lowest BCUT2D eigenvalue weighted by Crippen LogP contribution is -1.80. The Morgan fingerprint density at radius 1 is 1.23 bits per heavy atom. The molecule has 0 atom stereocenters. The van der Waals surface area contributed by atoms with E-state index in [9.17, 15) is 0 Å². The van der Waals surface area contributed by atoms with Crippen LogP contribution >= 0.6 is 43.5 Å². The summed E-state index contributed by atoms with van der Waals surface area (Å²) in [7, 11) is 0. The van der Waals surface area contributed by atoms with Crippen LogP contribution in [0.2, 0.25) is 5.02 Å². The Labute approximate surface area is 97.4 Å². The van der Waals surface area contributed by atoms with Crippen molar-refractivity contribution in [3.05, 3.63) is 38.4 Å². The zero-order valence-corrected chi connectivity index (χ0v) is 10.3. The fraction of sp³-hybridized carbons (Fsp3) is 0. The maximum atomic E-state index is 5.91. The van der Waals surface area contributed by atoms with Crippen LogP contribution in [-0.2, 0) is 0 Å². The first-order valence-corrected chi connectivity index (χ1v) is 5.54. The average Bonchev–Trinajstić information content (AvgIpc) is 2.12. The highest BCUT2D eigenvalue weighted by atomic mass is 79.9. The molecule has 66 valence electrons. The summed E-state index contributed by atoms with van der Waals surface area (Å²) >= 11 is 12.7. The van der Waals surface area contributed by atoms with Crippen molar-refractivity contribution >= 4 is 54.4 Å². The van der Waals surface area contributed by atoms with Crippen LogP contribution in [-0.4, -0.2) is 4.98 Å². The Balaban J connectivity index is 2.87. The molecule has 0 fully saturated rings. The van der Waals surface area contributed by atoms with E-state index in [0.29, 0.717) is 5.02 Å². The Hall–Kier alpha value is -0.120. The van der Waals surface area contributed by atoms with Gasteiger partial charge in [0, 0.05) is 20.5 Å². The van der Waals surface area contributed by atoms with E-state index in [1.165, 1.54) is 0 Å². The SMILES string of the molecule is Clc1cnc2cc(Br)ccc2c1Br. The zero-order chi connectivity index (χ0) is 9.42. The van der Waals surface area contributed by atoms with Crippen LogP contribution in [0, 0.1) is 0 Å². The summed E-state index contributed by atoms with van der Waals surface area (Å²) in [5.74, 6) is 0. The summed E-state index contributed by atoms with van der Waals surface area (Å²) in [6.45, 7) is 0. The highest BCUT2D eigenvalue weighted by molar-refractivity contribution is 9.11. The zero-order valence-electron chi connectivity index (χ0n) is 6.39. The van der Waals surface area contributed by atoms with Gasteiger partial charge in [-0.1, -0.05) is 33.6 Å². The smallest absolute Gasteiger partial charge is 0.0737 e. The minimum atomic E-state index is 0.634. The number of aromatic nitrogens is 1. The molecule has 2 aromatic rings. The maximum absolute atomic E-state index is 5.91. The van der Waals surface area contributed by atoms with Gasteiger partial charge in [0.25, 0.3) is 0 Å². The van der Waals surface area contributed by atoms with E-state index in [1.54, 1.807) is 6.20 Å². The predicted molar refractivity (Wildman–Crippen MR) is 62.2 cm³/mol. The number of pyridine rings is 1. The maximum Gasteiger partial charge on any atom is 0.0737 e. The van der Waals surface area contributed by atoms with Gasteiger partial charge in [-0.05, 0) is 28.1 Å². The van der Waals surface area contributed by atoms with Gasteiger partial charge in [-0.15, -0.1) is 0 Å². The van der Waals surface area contributed by atoms with E-state index < -0.39 is 0 Å². The number of halogens is 3. The molecule has 0 saturated heterocycles. The van der Waals surface area contributed by atoms with Gasteiger partial charge >= 0.3 is 0 Å². The van der Waals surface area contributed by atoms with Gasteiger partial charge in [0.1, 0.15) is 0 Å². The summed E-state index contributed by atoms with van der Waals surface area (Å²) in [4.78, 5) is 4.21. The van der Waals surface area contributed by atoms with Crippen molar-refractivity contribution in [3.8, 4) is 0 Å². The molecule has 0 aliphatic carbocycles. The molecule has 0 saturated carbocycles. The Morgan fingerprint density at radius 3 is 2.77 bits per heavy atom. The lowest BCUT2D eigenvalue weighted by atomic mass is 10.2. The molecular formula is C9H4Br2ClN. The fourth-order valence-electron chi connectivity index (χ4n) is 1.11. The van der Waals surface area contributed by atoms with E-state index in [2.05, 4.69) is 36.8 Å². The van der Waals surface area contributed by atoms with Crippen molar-refractivity contribution in [2.75, 3.05) is 0 Å². The first-order valence-electron chi connectivity index (χ1n) is 3.58. The molecule has 13 heavy (non-hydrogen) atoms. The molecule has 1 heterocycles. The second-order valence-corrected chi connectivity index (χ2v) is 4.70. The predicted octanol–water partition coefficient (Wildman–Crippen LogP) is 4.41. The molecule has 1 nitrogen and oxygen atoms in total. The second-order valence-electron chi connectivity index (χ2n) is 2.58. The van der Waals surface area contributed by atoms with E-state index in [0.717, 1.165) is 19.8 Å². The van der Waals surface area contributed by atoms with Crippen molar-refractivity contribution in [2.24, 2.45) is 0 Å².